The molecule has 0 nitrogen and oxygen atoms in total. The van der Waals surface area contributed by atoms with E-state index in [0.717, 1.165) is 18.4 Å². The van der Waals surface area contributed by atoms with Crippen LogP contribution in [0.25, 0.3) is 0 Å². The van der Waals surface area contributed by atoms with Gasteiger partial charge in [-0.05, 0) is 72.4 Å². The van der Waals surface area contributed by atoms with Crippen molar-refractivity contribution in [3.8, 4) is 0 Å². The second-order valence-corrected chi connectivity index (χ2v) is 5.75. The lowest BCUT2D eigenvalue weighted by Gasteiger charge is -2.17. The molecule has 0 amide bonds. The molecule has 17 heavy (non-hydrogen) atoms. The van der Waals surface area contributed by atoms with Crippen molar-refractivity contribution < 1.29 is 8.78 Å². The SMILES string of the molecule is C=C(C)CCC(C)c1c(F)cc(I)c(F)c1C. The molecule has 3 heteroatoms. The van der Waals surface area contributed by atoms with Gasteiger partial charge in [-0.25, -0.2) is 8.78 Å². The van der Waals surface area contributed by atoms with E-state index in [1.807, 2.05) is 36.4 Å². The van der Waals surface area contributed by atoms with Crippen molar-refractivity contribution in [3.63, 3.8) is 0 Å². The van der Waals surface area contributed by atoms with E-state index in [9.17, 15) is 8.78 Å². The van der Waals surface area contributed by atoms with Crippen molar-refractivity contribution in [2.45, 2.75) is 39.5 Å². The molecule has 0 fully saturated rings. The van der Waals surface area contributed by atoms with E-state index in [1.165, 1.54) is 6.07 Å². The number of benzene rings is 1. The fourth-order valence-electron chi connectivity index (χ4n) is 1.94. The molecule has 0 N–H and O–H groups in total. The summed E-state index contributed by atoms with van der Waals surface area (Å²) in [5.41, 5.74) is 2.01. The second-order valence-electron chi connectivity index (χ2n) is 4.59. The molecule has 0 aliphatic heterocycles. The highest BCUT2D eigenvalue weighted by molar-refractivity contribution is 14.1. The Labute approximate surface area is 115 Å². The second kappa shape index (κ2) is 5.94. The summed E-state index contributed by atoms with van der Waals surface area (Å²) in [6.45, 7) is 9.35. The predicted octanol–water partition coefficient (Wildman–Crippen LogP) is 5.34. The van der Waals surface area contributed by atoms with Crippen molar-refractivity contribution in [2.24, 2.45) is 0 Å². The van der Waals surface area contributed by atoms with Crippen LogP contribution in [0.5, 0.6) is 0 Å². The van der Waals surface area contributed by atoms with E-state index in [0.29, 0.717) is 14.7 Å². The molecule has 1 rings (SSSR count). The first-order valence-corrected chi connectivity index (χ1v) is 6.70. The fourth-order valence-corrected chi connectivity index (χ4v) is 2.62. The summed E-state index contributed by atoms with van der Waals surface area (Å²) in [6, 6.07) is 1.27. The lowest BCUT2D eigenvalue weighted by Crippen LogP contribution is -2.05. The molecule has 0 spiro atoms. The molecule has 1 aromatic carbocycles. The summed E-state index contributed by atoms with van der Waals surface area (Å²) in [6.07, 6.45) is 1.64. The van der Waals surface area contributed by atoms with Gasteiger partial charge in [-0.1, -0.05) is 12.5 Å². The van der Waals surface area contributed by atoms with Crippen LogP contribution in [0.1, 0.15) is 43.7 Å². The van der Waals surface area contributed by atoms with E-state index in [1.54, 1.807) is 6.92 Å². The summed E-state index contributed by atoms with van der Waals surface area (Å²) >= 11 is 1.82. The summed E-state index contributed by atoms with van der Waals surface area (Å²) in [5, 5.41) is 0. The average molecular weight is 350 g/mol. The smallest absolute Gasteiger partial charge is 0.139 e. The van der Waals surface area contributed by atoms with Gasteiger partial charge in [0.2, 0.25) is 0 Å². The first-order valence-electron chi connectivity index (χ1n) is 5.63. The van der Waals surface area contributed by atoms with Crippen molar-refractivity contribution in [2.75, 3.05) is 0 Å². The summed E-state index contributed by atoms with van der Waals surface area (Å²) in [4.78, 5) is 0. The van der Waals surface area contributed by atoms with Gasteiger partial charge in [0.25, 0.3) is 0 Å². The van der Waals surface area contributed by atoms with Crippen LogP contribution in [-0.4, -0.2) is 0 Å². The van der Waals surface area contributed by atoms with Gasteiger partial charge in [-0.15, -0.1) is 6.58 Å². The molecule has 1 aromatic rings. The van der Waals surface area contributed by atoms with E-state index in [2.05, 4.69) is 6.58 Å². The lowest BCUT2D eigenvalue weighted by molar-refractivity contribution is 0.544. The molecule has 0 radical (unpaired) electrons. The maximum Gasteiger partial charge on any atom is 0.139 e. The van der Waals surface area contributed by atoms with Crippen LogP contribution in [0, 0.1) is 22.1 Å². The quantitative estimate of drug-likeness (QED) is 0.391. The van der Waals surface area contributed by atoms with Gasteiger partial charge >= 0.3 is 0 Å². The van der Waals surface area contributed by atoms with Gasteiger partial charge in [0.05, 0.1) is 3.57 Å². The molecule has 94 valence electrons. The molecule has 1 atom stereocenters. The maximum atomic E-state index is 13.9. The molecule has 1 unspecified atom stereocenters. The summed E-state index contributed by atoms with van der Waals surface area (Å²) in [7, 11) is 0. The largest absolute Gasteiger partial charge is 0.207 e. The van der Waals surface area contributed by atoms with Crippen LogP contribution < -0.4 is 0 Å². The van der Waals surface area contributed by atoms with E-state index >= 15 is 0 Å². The van der Waals surface area contributed by atoms with Gasteiger partial charge < -0.3 is 0 Å². The third-order valence-corrected chi connectivity index (χ3v) is 3.74. The Morgan fingerprint density at radius 1 is 1.47 bits per heavy atom. The molecule has 0 aromatic heterocycles. The molecule has 0 saturated heterocycles. The molecule has 0 bridgehead atoms. The van der Waals surface area contributed by atoms with Gasteiger partial charge in [0.15, 0.2) is 0 Å². The summed E-state index contributed by atoms with van der Waals surface area (Å²) < 4.78 is 28.0. The van der Waals surface area contributed by atoms with Crippen molar-refractivity contribution >= 4 is 22.6 Å². The normalized spacial score (nSPS) is 12.6. The zero-order chi connectivity index (χ0) is 13.2. The van der Waals surface area contributed by atoms with E-state index in [-0.39, 0.29) is 17.6 Å². The number of rotatable bonds is 4. The molecule has 0 saturated carbocycles. The first kappa shape index (κ1) is 14.6. The van der Waals surface area contributed by atoms with Gasteiger partial charge in [-0.2, -0.15) is 0 Å². The Morgan fingerprint density at radius 2 is 2.06 bits per heavy atom. The van der Waals surface area contributed by atoms with Crippen molar-refractivity contribution in [3.05, 3.63) is 44.5 Å². The minimum absolute atomic E-state index is 0.0122. The third kappa shape index (κ3) is 3.50. The fraction of sp³-hybridized carbons (Fsp3) is 0.429. The minimum Gasteiger partial charge on any atom is -0.207 e. The number of allylic oxidation sites excluding steroid dienone is 1. The Hall–Kier alpha value is -0.450. The molecule has 0 aliphatic carbocycles. The molecule has 0 heterocycles. The highest BCUT2D eigenvalue weighted by Gasteiger charge is 2.18. The van der Waals surface area contributed by atoms with E-state index < -0.39 is 0 Å². The maximum absolute atomic E-state index is 13.9. The standard InChI is InChI=1S/C14H17F2I/c1-8(2)5-6-9(3)13-10(4)14(16)12(17)7-11(13)15/h7,9H,1,5-6H2,2-4H3. The van der Waals surface area contributed by atoms with Crippen molar-refractivity contribution in [1.29, 1.82) is 0 Å². The molecule has 0 aliphatic rings. The van der Waals surface area contributed by atoms with Crippen LogP contribution in [0.15, 0.2) is 18.2 Å². The number of halogens is 3. The summed E-state index contributed by atoms with van der Waals surface area (Å²) in [5.74, 6) is -0.593. The van der Waals surface area contributed by atoms with Crippen LogP contribution in [0.2, 0.25) is 0 Å². The van der Waals surface area contributed by atoms with Crippen molar-refractivity contribution in [1.82, 2.24) is 0 Å². The Balaban J connectivity index is 3.05. The highest BCUT2D eigenvalue weighted by Crippen LogP contribution is 2.31. The number of hydrogen-bond acceptors (Lipinski definition) is 0. The first-order chi connectivity index (χ1) is 7.84. The van der Waals surface area contributed by atoms with E-state index in [4.69, 9.17) is 0 Å². The Morgan fingerprint density at radius 3 is 2.59 bits per heavy atom. The van der Waals surface area contributed by atoms with Crippen LogP contribution in [0.3, 0.4) is 0 Å². The molecular weight excluding hydrogens is 333 g/mol. The highest BCUT2D eigenvalue weighted by atomic mass is 127. The monoisotopic (exact) mass is 350 g/mol. The lowest BCUT2D eigenvalue weighted by atomic mass is 9.91. The number of hydrogen-bond donors (Lipinski definition) is 0. The average Bonchev–Trinajstić information content (AvgIpc) is 2.23. The van der Waals surface area contributed by atoms with Gasteiger partial charge in [-0.3, -0.25) is 0 Å². The minimum atomic E-state index is -0.303. The Bertz CT molecular complexity index is 438. The predicted molar refractivity (Wildman–Crippen MR) is 76.3 cm³/mol. The van der Waals surface area contributed by atoms with Gasteiger partial charge in [0.1, 0.15) is 11.6 Å². The third-order valence-electron chi connectivity index (χ3n) is 2.95. The van der Waals surface area contributed by atoms with Gasteiger partial charge in [0, 0.05) is 0 Å². The van der Waals surface area contributed by atoms with Crippen LogP contribution >= 0.6 is 22.6 Å². The molecular formula is C14H17F2I. The Kier molecular flexibility index (Phi) is 5.10. The van der Waals surface area contributed by atoms with Crippen LogP contribution in [-0.2, 0) is 0 Å². The zero-order valence-corrected chi connectivity index (χ0v) is 12.6. The zero-order valence-electron chi connectivity index (χ0n) is 10.4. The van der Waals surface area contributed by atoms with Crippen LogP contribution in [0.4, 0.5) is 8.78 Å². The topological polar surface area (TPSA) is 0 Å².